The molecular weight excluding hydrogens is 170 g/mol. The fourth-order valence-corrected chi connectivity index (χ4v) is 0.684. The molecule has 0 saturated carbocycles. The predicted molar refractivity (Wildman–Crippen MR) is 49.3 cm³/mol. The number of carbonyl (C=O) groups excluding carboxylic acids is 1. The van der Waals surface area contributed by atoms with Gasteiger partial charge >= 0.3 is 5.97 Å². The van der Waals surface area contributed by atoms with Gasteiger partial charge in [-0.15, -0.1) is 0 Å². The first-order valence-electron chi connectivity index (χ1n) is 4.49. The lowest BCUT2D eigenvalue weighted by atomic mass is 10.1. The van der Waals surface area contributed by atoms with Crippen LogP contribution >= 0.6 is 0 Å². The third kappa shape index (κ3) is 4.50. The van der Waals surface area contributed by atoms with Crippen LogP contribution in [-0.4, -0.2) is 23.5 Å². The van der Waals surface area contributed by atoms with Gasteiger partial charge < -0.3 is 10.4 Å². The summed E-state index contributed by atoms with van der Waals surface area (Å²) >= 11 is 0. The average Bonchev–Trinajstić information content (AvgIpc) is 2.11. The molecule has 4 nitrogen and oxygen atoms in total. The molecule has 0 bridgehead atoms. The van der Waals surface area contributed by atoms with Gasteiger partial charge in [-0.25, -0.2) is 0 Å². The van der Waals surface area contributed by atoms with Crippen LogP contribution < -0.4 is 5.32 Å². The highest BCUT2D eigenvalue weighted by Gasteiger charge is 2.19. The molecule has 0 radical (unpaired) electrons. The van der Waals surface area contributed by atoms with Crippen LogP contribution in [-0.2, 0) is 9.59 Å². The number of nitrogens with one attached hydrogen (secondary N) is 1. The van der Waals surface area contributed by atoms with Gasteiger partial charge in [0.05, 0.1) is 0 Å². The van der Waals surface area contributed by atoms with Crippen LogP contribution in [0.3, 0.4) is 0 Å². The zero-order chi connectivity index (χ0) is 10.4. The van der Waals surface area contributed by atoms with Crippen molar-refractivity contribution in [3.05, 3.63) is 0 Å². The minimum atomic E-state index is -1.08. The van der Waals surface area contributed by atoms with Gasteiger partial charge in [0.2, 0.25) is 5.91 Å². The van der Waals surface area contributed by atoms with Crippen molar-refractivity contribution in [1.82, 2.24) is 5.32 Å². The van der Waals surface area contributed by atoms with Gasteiger partial charge in [0.15, 0.2) is 0 Å². The van der Waals surface area contributed by atoms with E-state index in [9.17, 15) is 9.59 Å². The SMILES string of the molecule is CCC(C)CNC(=O)C(C)C(=O)O. The van der Waals surface area contributed by atoms with Gasteiger partial charge in [-0.2, -0.15) is 0 Å². The number of carboxylic acid groups (broad SMARTS) is 1. The Morgan fingerprint density at radius 3 is 2.31 bits per heavy atom. The highest BCUT2D eigenvalue weighted by atomic mass is 16.4. The number of aliphatic carboxylic acids is 1. The summed E-state index contributed by atoms with van der Waals surface area (Å²) in [6, 6.07) is 0. The van der Waals surface area contributed by atoms with Crippen LogP contribution in [0.2, 0.25) is 0 Å². The van der Waals surface area contributed by atoms with E-state index in [1.165, 1.54) is 6.92 Å². The molecule has 0 fully saturated rings. The summed E-state index contributed by atoms with van der Waals surface area (Å²) in [7, 11) is 0. The summed E-state index contributed by atoms with van der Waals surface area (Å²) in [4.78, 5) is 21.5. The molecule has 1 amide bonds. The van der Waals surface area contributed by atoms with Crippen molar-refractivity contribution >= 4 is 11.9 Å². The lowest BCUT2D eigenvalue weighted by Crippen LogP contribution is -2.35. The van der Waals surface area contributed by atoms with Crippen molar-refractivity contribution in [2.24, 2.45) is 11.8 Å². The number of carboxylic acids is 1. The highest BCUT2D eigenvalue weighted by molar-refractivity contribution is 5.96. The van der Waals surface area contributed by atoms with Crippen molar-refractivity contribution in [2.45, 2.75) is 27.2 Å². The van der Waals surface area contributed by atoms with Crippen molar-refractivity contribution in [1.29, 1.82) is 0 Å². The van der Waals surface area contributed by atoms with E-state index < -0.39 is 17.8 Å². The third-order valence-corrected chi connectivity index (χ3v) is 2.09. The van der Waals surface area contributed by atoms with Crippen molar-refractivity contribution in [3.8, 4) is 0 Å². The Hall–Kier alpha value is -1.06. The van der Waals surface area contributed by atoms with Crippen molar-refractivity contribution in [3.63, 3.8) is 0 Å². The van der Waals surface area contributed by atoms with E-state index in [0.717, 1.165) is 6.42 Å². The maximum Gasteiger partial charge on any atom is 0.315 e. The summed E-state index contributed by atoms with van der Waals surface area (Å²) in [5.41, 5.74) is 0. The zero-order valence-electron chi connectivity index (χ0n) is 8.33. The molecule has 0 aromatic rings. The fourth-order valence-electron chi connectivity index (χ4n) is 0.684. The molecule has 0 aromatic carbocycles. The predicted octanol–water partition coefficient (Wildman–Crippen LogP) is 0.869. The largest absolute Gasteiger partial charge is 0.481 e. The first-order chi connectivity index (χ1) is 5.99. The molecule has 0 heterocycles. The molecule has 0 aromatic heterocycles. The molecule has 2 atom stereocenters. The van der Waals surface area contributed by atoms with E-state index in [4.69, 9.17) is 5.11 Å². The molecule has 0 aliphatic heterocycles. The summed E-state index contributed by atoms with van der Waals surface area (Å²) in [6.07, 6.45) is 0.974. The third-order valence-electron chi connectivity index (χ3n) is 2.09. The summed E-state index contributed by atoms with van der Waals surface area (Å²) in [5, 5.41) is 11.1. The molecule has 0 saturated heterocycles. The number of rotatable bonds is 5. The fraction of sp³-hybridized carbons (Fsp3) is 0.778. The van der Waals surface area contributed by atoms with E-state index >= 15 is 0 Å². The van der Waals surface area contributed by atoms with E-state index in [1.807, 2.05) is 13.8 Å². The topological polar surface area (TPSA) is 66.4 Å². The Labute approximate surface area is 78.3 Å². The Balaban J connectivity index is 3.81. The maximum absolute atomic E-state index is 11.1. The molecule has 2 unspecified atom stereocenters. The van der Waals surface area contributed by atoms with Gasteiger partial charge in [-0.3, -0.25) is 9.59 Å². The second-order valence-corrected chi connectivity index (χ2v) is 3.32. The van der Waals surface area contributed by atoms with Crippen LogP contribution in [0.25, 0.3) is 0 Å². The van der Waals surface area contributed by atoms with Crippen LogP contribution in [0.15, 0.2) is 0 Å². The molecule has 0 rings (SSSR count). The van der Waals surface area contributed by atoms with Gasteiger partial charge in [-0.05, 0) is 12.8 Å². The monoisotopic (exact) mass is 187 g/mol. The normalized spacial score (nSPS) is 14.7. The first kappa shape index (κ1) is 11.9. The summed E-state index contributed by atoms with van der Waals surface area (Å²) < 4.78 is 0. The van der Waals surface area contributed by atoms with Crippen molar-refractivity contribution < 1.29 is 14.7 Å². The second kappa shape index (κ2) is 5.56. The van der Waals surface area contributed by atoms with Crippen LogP contribution in [0.1, 0.15) is 27.2 Å². The maximum atomic E-state index is 11.1. The lowest BCUT2D eigenvalue weighted by Gasteiger charge is -2.11. The smallest absolute Gasteiger partial charge is 0.315 e. The highest BCUT2D eigenvalue weighted by Crippen LogP contribution is 1.99. The molecule has 4 heteroatoms. The number of hydrogen-bond donors (Lipinski definition) is 2. The molecule has 0 aliphatic rings. The molecule has 0 aliphatic carbocycles. The van der Waals surface area contributed by atoms with Crippen molar-refractivity contribution in [2.75, 3.05) is 6.54 Å². The lowest BCUT2D eigenvalue weighted by molar-refractivity contribution is -0.146. The van der Waals surface area contributed by atoms with E-state index in [-0.39, 0.29) is 0 Å². The standard InChI is InChI=1S/C9H17NO3/c1-4-6(2)5-10-8(11)7(3)9(12)13/h6-7H,4-5H2,1-3H3,(H,10,11)(H,12,13). The van der Waals surface area contributed by atoms with Gasteiger partial charge in [0.1, 0.15) is 5.92 Å². The van der Waals surface area contributed by atoms with Crippen LogP contribution in [0.4, 0.5) is 0 Å². The van der Waals surface area contributed by atoms with Crippen LogP contribution in [0.5, 0.6) is 0 Å². The Morgan fingerprint density at radius 1 is 1.38 bits per heavy atom. The summed E-state index contributed by atoms with van der Waals surface area (Å²) in [6.45, 7) is 5.96. The summed E-state index contributed by atoms with van der Waals surface area (Å²) in [5.74, 6) is -2.05. The van der Waals surface area contributed by atoms with Gasteiger partial charge in [-0.1, -0.05) is 20.3 Å². The minimum Gasteiger partial charge on any atom is -0.481 e. The minimum absolute atomic E-state index is 0.393. The number of hydrogen-bond acceptors (Lipinski definition) is 2. The van der Waals surface area contributed by atoms with Gasteiger partial charge in [0.25, 0.3) is 0 Å². The quantitative estimate of drug-likeness (QED) is 0.627. The van der Waals surface area contributed by atoms with E-state index in [2.05, 4.69) is 5.32 Å². The first-order valence-corrected chi connectivity index (χ1v) is 4.49. The molecular formula is C9H17NO3. The Kier molecular flexibility index (Phi) is 5.11. The average molecular weight is 187 g/mol. The van der Waals surface area contributed by atoms with Gasteiger partial charge in [0, 0.05) is 6.54 Å². The molecule has 0 spiro atoms. The second-order valence-electron chi connectivity index (χ2n) is 3.32. The zero-order valence-corrected chi connectivity index (χ0v) is 8.33. The molecule has 13 heavy (non-hydrogen) atoms. The van der Waals surface area contributed by atoms with E-state index in [0.29, 0.717) is 12.5 Å². The van der Waals surface area contributed by atoms with Crippen LogP contribution in [0, 0.1) is 11.8 Å². The Morgan fingerprint density at radius 2 is 1.92 bits per heavy atom. The molecule has 2 N–H and O–H groups in total. The molecule has 76 valence electrons. The number of amides is 1. The Bertz CT molecular complexity index is 191. The number of carbonyl (C=O) groups is 2. The van der Waals surface area contributed by atoms with E-state index in [1.54, 1.807) is 0 Å².